The molecule has 138 valence electrons. The van der Waals surface area contributed by atoms with Gasteiger partial charge in [-0.05, 0) is 43.4 Å². The zero-order chi connectivity index (χ0) is 17.9. The highest BCUT2D eigenvalue weighted by Gasteiger charge is 2.24. The molecule has 2 aliphatic rings. The van der Waals surface area contributed by atoms with Gasteiger partial charge >= 0.3 is 0 Å². The number of piperazine rings is 2. The van der Waals surface area contributed by atoms with Crippen LogP contribution in [0.1, 0.15) is 10.6 Å². The first-order valence-corrected chi connectivity index (χ1v) is 9.32. The zero-order valence-electron chi connectivity index (χ0n) is 15.3. The molecule has 6 heteroatoms. The maximum Gasteiger partial charge on any atom is 0.289 e. The van der Waals surface area contributed by atoms with E-state index in [2.05, 4.69) is 46.0 Å². The molecule has 1 aromatic heterocycles. The maximum atomic E-state index is 12.4. The molecule has 0 N–H and O–H groups in total. The molecule has 2 fully saturated rings. The van der Waals surface area contributed by atoms with Gasteiger partial charge in [0.15, 0.2) is 5.76 Å². The number of benzene rings is 1. The van der Waals surface area contributed by atoms with E-state index >= 15 is 0 Å². The van der Waals surface area contributed by atoms with E-state index in [1.807, 2.05) is 4.90 Å². The summed E-state index contributed by atoms with van der Waals surface area (Å²) >= 11 is 0. The summed E-state index contributed by atoms with van der Waals surface area (Å²) < 4.78 is 5.22. The van der Waals surface area contributed by atoms with Crippen LogP contribution in [0, 0.1) is 0 Å². The molecule has 0 bridgehead atoms. The number of furan rings is 1. The Balaban J connectivity index is 1.34. The summed E-state index contributed by atoms with van der Waals surface area (Å²) in [7, 11) is 2.18. The number of hydrogen-bond acceptors (Lipinski definition) is 5. The summed E-state index contributed by atoms with van der Waals surface area (Å²) in [5.41, 5.74) is 2.53. The first-order valence-electron chi connectivity index (χ1n) is 9.32. The Labute approximate surface area is 154 Å². The largest absolute Gasteiger partial charge is 0.459 e. The van der Waals surface area contributed by atoms with Crippen LogP contribution in [0.15, 0.2) is 47.1 Å². The first kappa shape index (κ1) is 17.0. The summed E-state index contributed by atoms with van der Waals surface area (Å²) in [6, 6.07) is 12.3. The quantitative estimate of drug-likeness (QED) is 0.843. The lowest BCUT2D eigenvalue weighted by Gasteiger charge is -2.36. The lowest BCUT2D eigenvalue weighted by molar-refractivity contribution is 0.0714. The highest BCUT2D eigenvalue weighted by Crippen LogP contribution is 2.23. The molecule has 0 atom stereocenters. The molecule has 4 rings (SSSR count). The van der Waals surface area contributed by atoms with E-state index < -0.39 is 0 Å². The maximum absolute atomic E-state index is 12.4. The van der Waals surface area contributed by atoms with Gasteiger partial charge in [-0.2, -0.15) is 0 Å². The third kappa shape index (κ3) is 3.55. The fourth-order valence-corrected chi connectivity index (χ4v) is 3.66. The highest BCUT2D eigenvalue weighted by atomic mass is 16.3. The van der Waals surface area contributed by atoms with Crippen LogP contribution in [-0.2, 0) is 0 Å². The van der Waals surface area contributed by atoms with E-state index in [0.29, 0.717) is 5.76 Å². The second-order valence-electron chi connectivity index (χ2n) is 7.06. The molecular weight excluding hydrogens is 328 g/mol. The van der Waals surface area contributed by atoms with Gasteiger partial charge in [-0.15, -0.1) is 0 Å². The van der Waals surface area contributed by atoms with Crippen LogP contribution in [0.25, 0.3) is 0 Å². The van der Waals surface area contributed by atoms with Crippen molar-refractivity contribution >= 4 is 17.3 Å². The average Bonchev–Trinajstić information content (AvgIpc) is 3.23. The van der Waals surface area contributed by atoms with Crippen LogP contribution >= 0.6 is 0 Å². The van der Waals surface area contributed by atoms with Gasteiger partial charge < -0.3 is 24.0 Å². The van der Waals surface area contributed by atoms with Crippen molar-refractivity contribution in [2.24, 2.45) is 0 Å². The molecule has 2 saturated heterocycles. The molecule has 26 heavy (non-hydrogen) atoms. The molecule has 0 unspecified atom stereocenters. The molecular formula is C20H26N4O2. The number of hydrogen-bond donors (Lipinski definition) is 0. The summed E-state index contributed by atoms with van der Waals surface area (Å²) in [5.74, 6) is 0.412. The van der Waals surface area contributed by atoms with E-state index in [0.717, 1.165) is 52.4 Å². The lowest BCUT2D eigenvalue weighted by atomic mass is 10.2. The van der Waals surface area contributed by atoms with Crippen molar-refractivity contribution in [2.75, 3.05) is 69.2 Å². The van der Waals surface area contributed by atoms with Crippen LogP contribution < -0.4 is 9.80 Å². The predicted octanol–water partition coefficient (Wildman–Crippen LogP) is 1.99. The van der Waals surface area contributed by atoms with Crippen molar-refractivity contribution in [1.29, 1.82) is 0 Å². The SMILES string of the molecule is CN1CCN(c2ccc(N3CCN(C(=O)c4ccco4)CC3)cc2)CC1. The highest BCUT2D eigenvalue weighted by molar-refractivity contribution is 5.91. The van der Waals surface area contributed by atoms with Crippen LogP contribution in [0.4, 0.5) is 11.4 Å². The molecule has 3 heterocycles. The Morgan fingerprint density at radius 3 is 1.85 bits per heavy atom. The lowest BCUT2D eigenvalue weighted by Crippen LogP contribution is -2.48. The molecule has 0 spiro atoms. The molecule has 1 amide bonds. The average molecular weight is 354 g/mol. The van der Waals surface area contributed by atoms with Crippen molar-refractivity contribution < 1.29 is 9.21 Å². The molecule has 1 aromatic carbocycles. The van der Waals surface area contributed by atoms with E-state index in [4.69, 9.17) is 4.42 Å². The molecule has 0 radical (unpaired) electrons. The van der Waals surface area contributed by atoms with Gasteiger partial charge in [0.05, 0.1) is 6.26 Å². The normalized spacial score (nSPS) is 19.0. The van der Waals surface area contributed by atoms with Crippen LogP contribution in [0.5, 0.6) is 0 Å². The number of rotatable bonds is 3. The predicted molar refractivity (Wildman–Crippen MR) is 103 cm³/mol. The minimum absolute atomic E-state index is 0.0138. The number of amides is 1. The van der Waals surface area contributed by atoms with Crippen molar-refractivity contribution in [3.63, 3.8) is 0 Å². The van der Waals surface area contributed by atoms with Crippen LogP contribution in [-0.4, -0.2) is 75.1 Å². The van der Waals surface area contributed by atoms with Gasteiger partial charge in [-0.25, -0.2) is 0 Å². The molecule has 6 nitrogen and oxygen atoms in total. The van der Waals surface area contributed by atoms with Gasteiger partial charge in [-0.1, -0.05) is 0 Å². The van der Waals surface area contributed by atoms with Crippen molar-refractivity contribution in [2.45, 2.75) is 0 Å². The van der Waals surface area contributed by atoms with Crippen molar-refractivity contribution in [3.05, 3.63) is 48.4 Å². The number of nitrogens with zero attached hydrogens (tertiary/aromatic N) is 4. The fourth-order valence-electron chi connectivity index (χ4n) is 3.66. The van der Waals surface area contributed by atoms with Gasteiger partial charge in [0.1, 0.15) is 0 Å². The van der Waals surface area contributed by atoms with Gasteiger partial charge in [-0.3, -0.25) is 4.79 Å². The van der Waals surface area contributed by atoms with E-state index in [1.165, 1.54) is 11.4 Å². The molecule has 2 aliphatic heterocycles. The Morgan fingerprint density at radius 1 is 0.808 bits per heavy atom. The standard InChI is InChI=1S/C20H26N4O2/c1-21-8-10-22(11-9-21)17-4-6-18(7-5-17)23-12-14-24(15-13-23)20(25)19-3-2-16-26-19/h2-7,16H,8-15H2,1H3. The van der Waals surface area contributed by atoms with Crippen LogP contribution in [0.3, 0.4) is 0 Å². The number of carbonyl (C=O) groups excluding carboxylic acids is 1. The minimum atomic E-state index is -0.0138. The Morgan fingerprint density at radius 2 is 1.35 bits per heavy atom. The Hall–Kier alpha value is -2.47. The zero-order valence-corrected chi connectivity index (χ0v) is 15.3. The third-order valence-corrected chi connectivity index (χ3v) is 5.38. The van der Waals surface area contributed by atoms with E-state index in [-0.39, 0.29) is 5.91 Å². The van der Waals surface area contributed by atoms with Crippen molar-refractivity contribution in [3.8, 4) is 0 Å². The summed E-state index contributed by atoms with van der Waals surface area (Å²) in [6.45, 7) is 7.55. The third-order valence-electron chi connectivity index (χ3n) is 5.38. The smallest absolute Gasteiger partial charge is 0.289 e. The number of carbonyl (C=O) groups is 1. The summed E-state index contributed by atoms with van der Waals surface area (Å²) in [4.78, 5) is 21.4. The van der Waals surface area contributed by atoms with Gasteiger partial charge in [0, 0.05) is 63.7 Å². The van der Waals surface area contributed by atoms with Crippen LogP contribution in [0.2, 0.25) is 0 Å². The summed E-state index contributed by atoms with van der Waals surface area (Å²) in [5, 5.41) is 0. The molecule has 2 aromatic rings. The Bertz CT molecular complexity index is 713. The second kappa shape index (κ2) is 7.41. The Kier molecular flexibility index (Phi) is 4.84. The monoisotopic (exact) mass is 354 g/mol. The first-order chi connectivity index (χ1) is 12.7. The van der Waals surface area contributed by atoms with Gasteiger partial charge in [0.2, 0.25) is 0 Å². The minimum Gasteiger partial charge on any atom is -0.459 e. The second-order valence-corrected chi connectivity index (χ2v) is 7.06. The topological polar surface area (TPSA) is 43.2 Å². The van der Waals surface area contributed by atoms with Gasteiger partial charge in [0.25, 0.3) is 5.91 Å². The molecule has 0 aliphatic carbocycles. The number of anilines is 2. The van der Waals surface area contributed by atoms with Crippen molar-refractivity contribution in [1.82, 2.24) is 9.80 Å². The van der Waals surface area contributed by atoms with E-state index in [1.54, 1.807) is 18.4 Å². The van der Waals surface area contributed by atoms with E-state index in [9.17, 15) is 4.79 Å². The number of likely N-dealkylation sites (N-methyl/N-ethyl adjacent to an activating group) is 1. The summed E-state index contributed by atoms with van der Waals surface area (Å²) in [6.07, 6.45) is 1.55. The molecule has 0 saturated carbocycles. The fraction of sp³-hybridized carbons (Fsp3) is 0.450.